The molecule has 196 valence electrons. The molecule has 3 aromatic carbocycles. The number of aliphatic hydroxyl groups is 1. The number of benzene rings is 3. The van der Waals surface area contributed by atoms with E-state index in [0.29, 0.717) is 31.7 Å². The van der Waals surface area contributed by atoms with Crippen LogP contribution in [0.5, 0.6) is 5.75 Å². The number of hydrogen-bond donors (Lipinski definition) is 2. The molecule has 5 rings (SSSR count). The standard InChI is InChI=1S/C31H33N3O4/c1-4-37-31(36)30-24(15-9-19-38-27-16-7-11-21-10-5-6-12-22(21)27)23-13-8-14-25(29(23)32-30)28-20(2)33-34(3)26(28)17-18-35/h5-8,10-14,16,32,35H,4,9,15,17-19H2,1-3H3. The molecule has 0 aliphatic carbocycles. The number of carbonyl (C=O) groups excluding carboxylic acids is 1. The predicted molar refractivity (Wildman–Crippen MR) is 150 cm³/mol. The number of H-pyrrole nitrogens is 1. The van der Waals surface area contributed by atoms with Crippen molar-refractivity contribution < 1.29 is 19.4 Å². The summed E-state index contributed by atoms with van der Waals surface area (Å²) in [6.45, 7) is 4.63. The van der Waals surface area contributed by atoms with Crippen LogP contribution >= 0.6 is 0 Å². The largest absolute Gasteiger partial charge is 0.493 e. The van der Waals surface area contributed by atoms with Gasteiger partial charge >= 0.3 is 5.97 Å². The first-order chi connectivity index (χ1) is 18.5. The first kappa shape index (κ1) is 25.5. The van der Waals surface area contributed by atoms with Crippen molar-refractivity contribution in [3.8, 4) is 16.9 Å². The Morgan fingerprint density at radius 1 is 1.03 bits per heavy atom. The van der Waals surface area contributed by atoms with E-state index in [-0.39, 0.29) is 12.6 Å². The fourth-order valence-corrected chi connectivity index (χ4v) is 5.32. The van der Waals surface area contributed by atoms with Crippen LogP contribution in [0.15, 0.2) is 60.7 Å². The molecule has 2 N–H and O–H groups in total. The Morgan fingerprint density at radius 2 is 1.79 bits per heavy atom. The molecule has 0 spiro atoms. The summed E-state index contributed by atoms with van der Waals surface area (Å²) in [5.74, 6) is 0.497. The van der Waals surface area contributed by atoms with Gasteiger partial charge in [0.1, 0.15) is 11.4 Å². The van der Waals surface area contributed by atoms with Crippen molar-refractivity contribution in [3.05, 3.63) is 83.3 Å². The Bertz CT molecular complexity index is 1590. The van der Waals surface area contributed by atoms with Crippen molar-refractivity contribution in [2.24, 2.45) is 7.05 Å². The average molecular weight is 512 g/mol. The number of carbonyl (C=O) groups is 1. The van der Waals surface area contributed by atoms with Gasteiger partial charge in [0, 0.05) is 47.7 Å². The lowest BCUT2D eigenvalue weighted by molar-refractivity contribution is 0.0519. The van der Waals surface area contributed by atoms with Gasteiger partial charge in [-0.05, 0) is 43.7 Å². The minimum Gasteiger partial charge on any atom is -0.493 e. The molecule has 0 atom stereocenters. The van der Waals surface area contributed by atoms with Crippen molar-refractivity contribution in [3.63, 3.8) is 0 Å². The highest BCUT2D eigenvalue weighted by Gasteiger charge is 2.23. The molecular weight excluding hydrogens is 478 g/mol. The molecule has 0 aliphatic rings. The number of esters is 1. The molecular formula is C31H33N3O4. The van der Waals surface area contributed by atoms with E-state index in [4.69, 9.17) is 9.47 Å². The number of aliphatic hydroxyl groups excluding tert-OH is 1. The first-order valence-corrected chi connectivity index (χ1v) is 13.1. The fraction of sp³-hybridized carbons (Fsp3) is 0.290. The van der Waals surface area contributed by atoms with Crippen molar-refractivity contribution in [2.75, 3.05) is 19.8 Å². The lowest BCUT2D eigenvalue weighted by Crippen LogP contribution is -2.09. The second-order valence-corrected chi connectivity index (χ2v) is 9.36. The van der Waals surface area contributed by atoms with Gasteiger partial charge in [-0.25, -0.2) is 4.79 Å². The van der Waals surface area contributed by atoms with Crippen LogP contribution in [0.1, 0.15) is 40.8 Å². The summed E-state index contributed by atoms with van der Waals surface area (Å²) in [7, 11) is 1.89. The normalized spacial score (nSPS) is 11.4. The SMILES string of the molecule is CCOC(=O)c1[nH]c2c(-c3c(C)nn(C)c3CCO)cccc2c1CCCOc1cccc2ccccc12. The zero-order chi connectivity index (χ0) is 26.6. The quantitative estimate of drug-likeness (QED) is 0.184. The molecule has 0 bridgehead atoms. The van der Waals surface area contributed by atoms with Crippen molar-refractivity contribution in [2.45, 2.75) is 33.1 Å². The van der Waals surface area contributed by atoms with E-state index in [1.165, 1.54) is 0 Å². The maximum atomic E-state index is 13.0. The minimum absolute atomic E-state index is 0.0305. The molecule has 0 saturated carbocycles. The molecule has 0 unspecified atom stereocenters. The van der Waals surface area contributed by atoms with E-state index < -0.39 is 0 Å². The van der Waals surface area contributed by atoms with Crippen molar-refractivity contribution in [1.82, 2.24) is 14.8 Å². The van der Waals surface area contributed by atoms with Gasteiger partial charge in [-0.3, -0.25) is 4.68 Å². The van der Waals surface area contributed by atoms with E-state index in [1.54, 1.807) is 0 Å². The molecule has 7 nitrogen and oxygen atoms in total. The van der Waals surface area contributed by atoms with E-state index >= 15 is 0 Å². The van der Waals surface area contributed by atoms with Gasteiger partial charge in [-0.1, -0.05) is 54.6 Å². The molecule has 0 aliphatic heterocycles. The fourth-order valence-electron chi connectivity index (χ4n) is 5.32. The van der Waals surface area contributed by atoms with Crippen molar-refractivity contribution in [1.29, 1.82) is 0 Å². The summed E-state index contributed by atoms with van der Waals surface area (Å²) in [4.78, 5) is 16.4. The third kappa shape index (κ3) is 4.77. The molecule has 2 aromatic heterocycles. The number of aromatic nitrogens is 3. The predicted octanol–water partition coefficient (Wildman–Crippen LogP) is 5.75. The summed E-state index contributed by atoms with van der Waals surface area (Å²) < 4.78 is 13.4. The third-order valence-electron chi connectivity index (χ3n) is 6.96. The number of fused-ring (bicyclic) bond motifs is 2. The highest BCUT2D eigenvalue weighted by Crippen LogP contribution is 2.36. The second kappa shape index (κ2) is 11.1. The number of ether oxygens (including phenoxy) is 2. The van der Waals surface area contributed by atoms with Gasteiger partial charge in [-0.15, -0.1) is 0 Å². The molecule has 7 heteroatoms. The number of nitrogens with one attached hydrogen (secondary N) is 1. The van der Waals surface area contributed by atoms with Crippen LogP contribution in [0.25, 0.3) is 32.8 Å². The van der Waals surface area contributed by atoms with E-state index in [1.807, 2.05) is 68.0 Å². The number of hydrogen-bond acceptors (Lipinski definition) is 5. The number of nitrogens with zero attached hydrogens (tertiary/aromatic N) is 2. The Hall–Kier alpha value is -4.10. The molecule has 38 heavy (non-hydrogen) atoms. The topological polar surface area (TPSA) is 89.4 Å². The minimum atomic E-state index is -0.363. The maximum absolute atomic E-state index is 13.0. The van der Waals surface area contributed by atoms with Gasteiger partial charge in [0.05, 0.1) is 24.4 Å². The van der Waals surface area contributed by atoms with Gasteiger partial charge in [0.2, 0.25) is 0 Å². The number of para-hydroxylation sites is 1. The molecule has 2 heterocycles. The molecule has 0 fully saturated rings. The lowest BCUT2D eigenvalue weighted by atomic mass is 9.97. The molecule has 0 saturated heterocycles. The smallest absolute Gasteiger partial charge is 0.355 e. The Morgan fingerprint density at radius 3 is 2.61 bits per heavy atom. The van der Waals surface area contributed by atoms with E-state index in [0.717, 1.165) is 61.9 Å². The van der Waals surface area contributed by atoms with Crippen LogP contribution in [0, 0.1) is 6.92 Å². The van der Waals surface area contributed by atoms with Gasteiger partial charge in [0.25, 0.3) is 0 Å². The van der Waals surface area contributed by atoms with Gasteiger partial charge in [0.15, 0.2) is 0 Å². The lowest BCUT2D eigenvalue weighted by Gasteiger charge is -2.10. The Balaban J connectivity index is 1.48. The molecule has 0 radical (unpaired) electrons. The van der Waals surface area contributed by atoms with E-state index in [2.05, 4.69) is 28.3 Å². The van der Waals surface area contributed by atoms with Crippen LogP contribution in [0.3, 0.4) is 0 Å². The van der Waals surface area contributed by atoms with Crippen LogP contribution in [-0.2, 0) is 24.6 Å². The summed E-state index contributed by atoms with van der Waals surface area (Å²) >= 11 is 0. The molecule has 5 aromatic rings. The van der Waals surface area contributed by atoms with Crippen LogP contribution < -0.4 is 4.74 Å². The van der Waals surface area contributed by atoms with Crippen molar-refractivity contribution >= 4 is 27.6 Å². The average Bonchev–Trinajstić information content (AvgIpc) is 3.43. The Kier molecular flexibility index (Phi) is 7.47. The number of rotatable bonds is 10. The Labute approximate surface area is 222 Å². The summed E-state index contributed by atoms with van der Waals surface area (Å²) in [5.41, 5.74) is 6.04. The monoisotopic (exact) mass is 511 g/mol. The zero-order valence-corrected chi connectivity index (χ0v) is 22.1. The third-order valence-corrected chi connectivity index (χ3v) is 6.96. The summed E-state index contributed by atoms with van der Waals surface area (Å²) in [6, 6.07) is 20.3. The van der Waals surface area contributed by atoms with Gasteiger partial charge < -0.3 is 19.6 Å². The highest BCUT2D eigenvalue weighted by molar-refractivity contribution is 6.04. The highest BCUT2D eigenvalue weighted by atomic mass is 16.5. The van der Waals surface area contributed by atoms with E-state index in [9.17, 15) is 9.90 Å². The van der Waals surface area contributed by atoms with Crippen LogP contribution in [0.4, 0.5) is 0 Å². The molecule has 0 amide bonds. The number of aromatic amines is 1. The van der Waals surface area contributed by atoms with Gasteiger partial charge in [-0.2, -0.15) is 5.10 Å². The maximum Gasteiger partial charge on any atom is 0.355 e. The second-order valence-electron chi connectivity index (χ2n) is 9.36. The van der Waals surface area contributed by atoms with Crippen LogP contribution in [-0.4, -0.2) is 45.7 Å². The summed E-state index contributed by atoms with van der Waals surface area (Å²) in [5, 5.41) is 17.5. The number of aryl methyl sites for hydroxylation is 3. The zero-order valence-electron chi connectivity index (χ0n) is 22.1. The first-order valence-electron chi connectivity index (χ1n) is 13.1. The summed E-state index contributed by atoms with van der Waals surface area (Å²) in [6.07, 6.45) is 1.87. The van der Waals surface area contributed by atoms with Crippen LogP contribution in [0.2, 0.25) is 0 Å².